The Hall–Kier alpha value is -13.5. The van der Waals surface area contributed by atoms with Crippen LogP contribution in [0, 0.1) is 26.3 Å². The summed E-state index contributed by atoms with van der Waals surface area (Å²) in [6, 6.07) is 25.4. The standard InChI is InChI=1S/C23H21N7O2.C17H21N5O4.C17H17N5O.C14H17N7O3/c1-23(2,3)19-17(24-4)20(28-26-19)27-25-18-21(31)29(15-11-7-5-8-12-15)30(22(18)32)16-13-9-6-10-14-16;1-16(2,3)12-10(18-4)13(22-20-12)21-19-11-14(23)25-17(26-15(11)24)8-6-5-7-9-17;1-17(2,3)15-13(18-4)16(22-20-15)21-19-12-9-10-7-5-6-8-11(10)14(12)23;1-14(2,3)9-7(15-4)10(19-17-9)18-16-8-11(22)20(5)13(24)21(6)12(8)23/h5-14,31H,1-3H3,(H,26,28);5-9H2,1-3H3,(H2,20,21,22);5-8H,9H2,1-3H3,(H2,20,21,22);22H,1-3,5-6H3,(H,17,19). The molecule has 8 N–H and O–H groups in total. The Morgan fingerprint density at radius 3 is 1.35 bits per heavy atom. The number of esters is 2. The molecule has 0 radical (unpaired) electrons. The predicted octanol–water partition coefficient (Wildman–Crippen LogP) is 13.3. The Labute approximate surface area is 600 Å². The number of ketones is 1. The number of nitrogens with zero attached hydrogens (tertiary/aromatic N) is 18. The monoisotopic (exact) mass is 1420 g/mol. The molecule has 2 fully saturated rings. The maximum absolute atomic E-state index is 13.3. The minimum Gasteiger partial charge on any atom is -0.493 e. The van der Waals surface area contributed by atoms with E-state index in [9.17, 15) is 39.0 Å². The van der Waals surface area contributed by atoms with E-state index < -0.39 is 51.8 Å². The van der Waals surface area contributed by atoms with Gasteiger partial charge >= 0.3 is 23.2 Å². The lowest BCUT2D eigenvalue weighted by atomic mass is 9.91. The zero-order valence-corrected chi connectivity index (χ0v) is 60.0. The topological polar surface area (TPSA) is 411 Å². The normalized spacial score (nSPS) is 14.5. The van der Waals surface area contributed by atoms with Crippen molar-refractivity contribution in [1.29, 1.82) is 0 Å². The van der Waals surface area contributed by atoms with E-state index in [4.69, 9.17) is 35.8 Å². The van der Waals surface area contributed by atoms with Gasteiger partial charge in [0.15, 0.2) is 11.6 Å². The van der Waals surface area contributed by atoms with E-state index >= 15 is 0 Å². The molecule has 6 aromatic heterocycles. The summed E-state index contributed by atoms with van der Waals surface area (Å²) < 4.78 is 15.1. The number of rotatable bonds is 10. The molecule has 0 bridgehead atoms. The first-order chi connectivity index (χ1) is 49.6. The van der Waals surface area contributed by atoms with Crippen LogP contribution in [-0.4, -0.2) is 104 Å². The SMILES string of the molecule is [C-]#[N+]c1c(N=Nc2c(O)n(-c3ccccc3)n(-c3ccccc3)c2=O)n[nH]c1C(C)(C)C.[C-]#[N+]c1c(N=Nc2c(O)n(C)c(=O)n(C)c2=O)n[nH]c1C(C)(C)C.[C-]#[N+]c1c(NN=C2C(=O)OC3(CCCCC3)OC2=O)n[nH]c1C(C)(C)C.[C-]#[N+]c1c(NN=C2Cc3ccccc3C2=O)n[nH]c1C(C)(C)C. The fourth-order valence-electron chi connectivity index (χ4n) is 11.0. The highest BCUT2D eigenvalue weighted by molar-refractivity contribution is 6.63. The quantitative estimate of drug-likeness (QED) is 0.0273. The van der Waals surface area contributed by atoms with Gasteiger partial charge in [-0.05, 0) is 64.3 Å². The highest BCUT2D eigenvalue weighted by atomic mass is 16.7. The van der Waals surface area contributed by atoms with Gasteiger partial charge < -0.3 is 19.7 Å². The summed E-state index contributed by atoms with van der Waals surface area (Å²) in [7, 11) is 2.56. The fourth-order valence-corrected chi connectivity index (χ4v) is 11.0. The lowest BCUT2D eigenvalue weighted by Gasteiger charge is -2.38. The van der Waals surface area contributed by atoms with Crippen LogP contribution >= 0.6 is 0 Å². The van der Waals surface area contributed by atoms with Gasteiger partial charge in [0.1, 0.15) is 5.71 Å². The van der Waals surface area contributed by atoms with Crippen molar-refractivity contribution in [1.82, 2.24) is 59.3 Å². The number of Topliss-reactive ketones (excluding diaryl/α,β-unsaturated/α-hetero) is 1. The van der Waals surface area contributed by atoms with Crippen LogP contribution in [0.4, 0.5) is 57.4 Å². The first-order valence-electron chi connectivity index (χ1n) is 32.7. The van der Waals surface area contributed by atoms with Crippen molar-refractivity contribution in [3.8, 4) is 23.1 Å². The Morgan fingerprint density at radius 1 is 0.495 bits per heavy atom. The zero-order chi connectivity index (χ0) is 76.7. The molecule has 1 saturated heterocycles. The summed E-state index contributed by atoms with van der Waals surface area (Å²) in [5.74, 6) is -3.32. The molecule has 1 aliphatic heterocycles. The predicted molar refractivity (Wildman–Crippen MR) is 389 cm³/mol. The van der Waals surface area contributed by atoms with Gasteiger partial charge in [-0.3, -0.25) is 54.8 Å². The van der Waals surface area contributed by atoms with Crippen LogP contribution in [0.5, 0.6) is 11.8 Å². The number of hydrogen-bond acceptors (Lipinski definition) is 22. The highest BCUT2D eigenvalue weighted by Crippen LogP contribution is 2.42. The summed E-state index contributed by atoms with van der Waals surface area (Å²) in [5.41, 5.74) is 7.73. The average molecular weight is 1430 g/mol. The number of aromatic hydroxyl groups is 2. The molecule has 0 unspecified atom stereocenters. The fraction of sp³-hybridized carbons (Fsp3) is 0.352. The Balaban J connectivity index is 0.000000164. The van der Waals surface area contributed by atoms with Gasteiger partial charge in [0.2, 0.25) is 40.6 Å². The number of hydrazone groups is 2. The minimum absolute atomic E-state index is 0.00484. The van der Waals surface area contributed by atoms with E-state index in [2.05, 4.69) is 102 Å². The Bertz CT molecular complexity index is 5300. The number of aromatic amines is 4. The van der Waals surface area contributed by atoms with Crippen molar-refractivity contribution in [3.63, 3.8) is 0 Å². The highest BCUT2D eigenvalue weighted by Gasteiger charge is 2.48. The van der Waals surface area contributed by atoms with Crippen LogP contribution in [0.2, 0.25) is 0 Å². The van der Waals surface area contributed by atoms with Gasteiger partial charge in [-0.1, -0.05) is 150 Å². The second-order valence-electron chi connectivity index (χ2n) is 28.3. The lowest BCUT2D eigenvalue weighted by molar-refractivity contribution is -0.237. The van der Waals surface area contributed by atoms with Crippen molar-refractivity contribution in [2.75, 3.05) is 10.9 Å². The van der Waals surface area contributed by atoms with E-state index in [0.717, 1.165) is 39.7 Å². The molecule has 0 amide bonds. The number of anilines is 2. The van der Waals surface area contributed by atoms with Crippen LogP contribution in [0.3, 0.4) is 0 Å². The maximum atomic E-state index is 13.3. The number of carbonyl (C=O) groups excluding carboxylic acids is 3. The number of H-pyrrole nitrogens is 4. The number of azo groups is 2. The summed E-state index contributed by atoms with van der Waals surface area (Å²) in [6.45, 7) is 52.9. The van der Waals surface area contributed by atoms with Crippen molar-refractivity contribution < 1.29 is 34.1 Å². The first kappa shape index (κ1) is 75.7. The van der Waals surface area contributed by atoms with Crippen LogP contribution in [0.1, 0.15) is 154 Å². The molecule has 34 nitrogen and oxygen atoms in total. The second-order valence-corrected chi connectivity index (χ2v) is 28.3. The van der Waals surface area contributed by atoms with E-state index in [0.29, 0.717) is 70.5 Å². The summed E-state index contributed by atoms with van der Waals surface area (Å²) >= 11 is 0. The van der Waals surface area contributed by atoms with Crippen molar-refractivity contribution in [2.24, 2.45) is 44.8 Å². The van der Waals surface area contributed by atoms with Gasteiger partial charge in [-0.25, -0.2) is 43.1 Å². The molecule has 3 aromatic carbocycles. The summed E-state index contributed by atoms with van der Waals surface area (Å²) in [5, 5.41) is 71.8. The molecule has 0 atom stereocenters. The third-order valence-electron chi connectivity index (χ3n) is 16.5. The average Bonchev–Trinajstić information content (AvgIpc) is 1.73. The molecular formula is C71H76N24O10. The third-order valence-corrected chi connectivity index (χ3v) is 16.5. The Kier molecular flexibility index (Phi) is 21.9. The van der Waals surface area contributed by atoms with Crippen molar-refractivity contribution in [2.45, 2.75) is 149 Å². The number of aromatic nitrogens is 12. The van der Waals surface area contributed by atoms with Gasteiger partial charge in [-0.15, -0.1) is 20.5 Å². The second kappa shape index (κ2) is 30.4. The molecule has 1 saturated carbocycles. The van der Waals surface area contributed by atoms with Crippen molar-refractivity contribution in [3.05, 3.63) is 196 Å². The largest absolute Gasteiger partial charge is 0.493 e. The number of nitrogens with one attached hydrogen (secondary N) is 6. The summed E-state index contributed by atoms with van der Waals surface area (Å²) in [4.78, 5) is 87.7. The Morgan fingerprint density at radius 2 is 0.905 bits per heavy atom. The third kappa shape index (κ3) is 16.1. The van der Waals surface area contributed by atoms with E-state index in [1.54, 1.807) is 54.6 Å². The van der Waals surface area contributed by atoms with Crippen LogP contribution in [-0.2, 0) is 61.2 Å². The molecule has 12 rings (SSSR count). The molecule has 9 aromatic rings. The summed E-state index contributed by atoms with van der Waals surface area (Å²) in [6.07, 6.45) is 4.19. The zero-order valence-electron chi connectivity index (χ0n) is 60.0. The van der Waals surface area contributed by atoms with Gasteiger partial charge in [-0.2, -0.15) is 30.6 Å². The smallest absolute Gasteiger partial charge is 0.369 e. The van der Waals surface area contributed by atoms with Crippen LogP contribution < -0.4 is 27.7 Å². The van der Waals surface area contributed by atoms with Crippen LogP contribution in [0.15, 0.2) is 130 Å². The molecular weight excluding hydrogens is 1350 g/mol. The number of benzene rings is 3. The first-order valence-corrected chi connectivity index (χ1v) is 32.7. The molecule has 7 heterocycles. The van der Waals surface area contributed by atoms with Crippen molar-refractivity contribution >= 4 is 86.5 Å². The number of hydrogen-bond donors (Lipinski definition) is 8. The van der Waals surface area contributed by atoms with E-state index in [-0.39, 0.29) is 73.5 Å². The number of ether oxygens (including phenoxy) is 2. The maximum Gasteiger partial charge on any atom is 0.369 e. The number of fused-ring (bicyclic) bond motifs is 1. The van der Waals surface area contributed by atoms with E-state index in [1.165, 1.54) is 23.5 Å². The molecule has 3 aliphatic rings. The molecule has 2 aliphatic carbocycles. The lowest BCUT2D eigenvalue weighted by Crippen LogP contribution is -2.51. The number of para-hydroxylation sites is 2. The molecule has 1 spiro atoms. The minimum atomic E-state index is -1.15. The van der Waals surface area contributed by atoms with Gasteiger partial charge in [0.25, 0.3) is 39.8 Å². The molecule has 540 valence electrons. The van der Waals surface area contributed by atoms with E-state index in [1.807, 2.05) is 113 Å². The molecule has 105 heavy (non-hydrogen) atoms. The van der Waals surface area contributed by atoms with Gasteiger partial charge in [0.05, 0.1) is 37.7 Å². The molecule has 34 heteroatoms. The van der Waals surface area contributed by atoms with Crippen LogP contribution in [0.25, 0.3) is 30.8 Å². The van der Waals surface area contributed by atoms with Gasteiger partial charge in [0, 0.05) is 61.7 Å². The number of carbonyl (C=O) groups is 3.